The number of nitrogens with two attached hydrogens (primary N) is 1. The minimum Gasteiger partial charge on any atom is -0.487 e. The second-order valence-corrected chi connectivity index (χ2v) is 4.81. The van der Waals surface area contributed by atoms with E-state index in [4.69, 9.17) is 10.5 Å². The number of hydrogen-bond donors (Lipinski definition) is 1. The number of benzene rings is 2. The standard InChI is InChI=1S/C13H11BrN2O3/c14-10-3-1-2-9(6-10)8-19-13-5-4-11(16(17)18)7-12(13)15/h1-7H,8,15H2. The number of ether oxygens (including phenoxy) is 1. The minimum atomic E-state index is -0.492. The zero-order valence-electron chi connectivity index (χ0n) is 9.88. The lowest BCUT2D eigenvalue weighted by Gasteiger charge is -2.08. The summed E-state index contributed by atoms with van der Waals surface area (Å²) in [7, 11) is 0. The van der Waals surface area contributed by atoms with E-state index in [1.54, 1.807) is 0 Å². The average molecular weight is 323 g/mol. The van der Waals surface area contributed by atoms with Crippen molar-refractivity contribution in [3.63, 3.8) is 0 Å². The SMILES string of the molecule is Nc1cc([N+](=O)[O-])ccc1OCc1cccc(Br)c1. The summed E-state index contributed by atoms with van der Waals surface area (Å²) in [6, 6.07) is 11.8. The summed E-state index contributed by atoms with van der Waals surface area (Å²) < 4.78 is 6.51. The monoisotopic (exact) mass is 322 g/mol. The number of anilines is 1. The Balaban J connectivity index is 2.10. The molecule has 19 heavy (non-hydrogen) atoms. The van der Waals surface area contributed by atoms with Crippen molar-refractivity contribution >= 4 is 27.3 Å². The largest absolute Gasteiger partial charge is 0.487 e. The molecule has 0 amide bonds. The molecule has 0 aliphatic rings. The normalized spacial score (nSPS) is 10.2. The molecule has 0 atom stereocenters. The van der Waals surface area contributed by atoms with Gasteiger partial charge in [-0.25, -0.2) is 0 Å². The van der Waals surface area contributed by atoms with Crippen molar-refractivity contribution in [1.82, 2.24) is 0 Å². The van der Waals surface area contributed by atoms with Crippen molar-refractivity contribution in [2.24, 2.45) is 0 Å². The van der Waals surface area contributed by atoms with Crippen molar-refractivity contribution in [2.45, 2.75) is 6.61 Å². The molecule has 2 rings (SSSR count). The Kier molecular flexibility index (Phi) is 4.01. The summed E-state index contributed by atoms with van der Waals surface area (Å²) in [6.07, 6.45) is 0. The van der Waals surface area contributed by atoms with Crippen LogP contribution in [-0.4, -0.2) is 4.92 Å². The van der Waals surface area contributed by atoms with Crippen LogP contribution >= 0.6 is 15.9 Å². The summed E-state index contributed by atoms with van der Waals surface area (Å²) in [6.45, 7) is 0.349. The molecule has 0 fully saturated rings. The molecule has 98 valence electrons. The number of nitrogen functional groups attached to an aromatic ring is 1. The Hall–Kier alpha value is -2.08. The Morgan fingerprint density at radius 2 is 2.05 bits per heavy atom. The van der Waals surface area contributed by atoms with E-state index in [2.05, 4.69) is 15.9 Å². The molecule has 0 saturated carbocycles. The smallest absolute Gasteiger partial charge is 0.271 e. The summed E-state index contributed by atoms with van der Waals surface area (Å²) in [5.41, 5.74) is 6.90. The number of nitro benzene ring substituents is 1. The topological polar surface area (TPSA) is 78.4 Å². The molecular weight excluding hydrogens is 312 g/mol. The zero-order valence-corrected chi connectivity index (χ0v) is 11.5. The maximum Gasteiger partial charge on any atom is 0.271 e. The van der Waals surface area contributed by atoms with Crippen LogP contribution in [0.4, 0.5) is 11.4 Å². The average Bonchev–Trinajstić information content (AvgIpc) is 2.37. The predicted octanol–water partition coefficient (Wildman–Crippen LogP) is 3.52. The predicted molar refractivity (Wildman–Crippen MR) is 76.0 cm³/mol. The van der Waals surface area contributed by atoms with Crippen LogP contribution in [0.1, 0.15) is 5.56 Å². The second kappa shape index (κ2) is 5.71. The molecule has 0 aliphatic carbocycles. The Morgan fingerprint density at radius 3 is 2.68 bits per heavy atom. The highest BCUT2D eigenvalue weighted by Crippen LogP contribution is 2.27. The van der Waals surface area contributed by atoms with Gasteiger partial charge in [0.25, 0.3) is 5.69 Å². The van der Waals surface area contributed by atoms with Crippen molar-refractivity contribution in [2.75, 3.05) is 5.73 Å². The fourth-order valence-electron chi connectivity index (χ4n) is 1.57. The Labute approximate surface area is 118 Å². The second-order valence-electron chi connectivity index (χ2n) is 3.90. The van der Waals surface area contributed by atoms with E-state index in [0.717, 1.165) is 10.0 Å². The fourth-order valence-corrected chi connectivity index (χ4v) is 2.02. The molecule has 0 bridgehead atoms. The summed E-state index contributed by atoms with van der Waals surface area (Å²) >= 11 is 3.37. The molecule has 2 aromatic carbocycles. The lowest BCUT2D eigenvalue weighted by Crippen LogP contribution is -1.99. The van der Waals surface area contributed by atoms with E-state index in [0.29, 0.717) is 12.4 Å². The van der Waals surface area contributed by atoms with Gasteiger partial charge in [0.15, 0.2) is 0 Å². The zero-order chi connectivity index (χ0) is 13.8. The number of halogens is 1. The summed E-state index contributed by atoms with van der Waals surface area (Å²) in [4.78, 5) is 10.1. The highest BCUT2D eigenvalue weighted by atomic mass is 79.9. The molecule has 0 saturated heterocycles. The Bertz CT molecular complexity index is 617. The van der Waals surface area contributed by atoms with E-state index >= 15 is 0 Å². The fraction of sp³-hybridized carbons (Fsp3) is 0.0769. The van der Waals surface area contributed by atoms with Crippen LogP contribution in [0, 0.1) is 10.1 Å². The van der Waals surface area contributed by atoms with Crippen LogP contribution in [0.2, 0.25) is 0 Å². The van der Waals surface area contributed by atoms with Gasteiger partial charge in [-0.05, 0) is 23.8 Å². The first-order valence-electron chi connectivity index (χ1n) is 5.47. The first-order chi connectivity index (χ1) is 9.06. The van der Waals surface area contributed by atoms with E-state index in [1.165, 1.54) is 18.2 Å². The molecule has 0 aliphatic heterocycles. The third-order valence-electron chi connectivity index (χ3n) is 2.49. The maximum absolute atomic E-state index is 10.6. The number of hydrogen-bond acceptors (Lipinski definition) is 4. The highest BCUT2D eigenvalue weighted by molar-refractivity contribution is 9.10. The third kappa shape index (κ3) is 3.45. The van der Waals surface area contributed by atoms with Crippen LogP contribution in [-0.2, 0) is 6.61 Å². The number of nitro groups is 1. The Morgan fingerprint density at radius 1 is 1.26 bits per heavy atom. The minimum absolute atomic E-state index is 0.0488. The van der Waals surface area contributed by atoms with Gasteiger partial charge < -0.3 is 10.5 Å². The van der Waals surface area contributed by atoms with Gasteiger partial charge in [0.05, 0.1) is 10.6 Å². The molecule has 0 radical (unpaired) electrons. The van der Waals surface area contributed by atoms with Gasteiger partial charge in [-0.3, -0.25) is 10.1 Å². The van der Waals surface area contributed by atoms with Gasteiger partial charge in [0, 0.05) is 16.6 Å². The van der Waals surface area contributed by atoms with Gasteiger partial charge in [-0.1, -0.05) is 28.1 Å². The van der Waals surface area contributed by atoms with Crippen molar-refractivity contribution in [3.05, 3.63) is 62.6 Å². The van der Waals surface area contributed by atoms with Gasteiger partial charge in [-0.2, -0.15) is 0 Å². The lowest BCUT2D eigenvalue weighted by molar-refractivity contribution is -0.384. The van der Waals surface area contributed by atoms with E-state index in [1.807, 2.05) is 24.3 Å². The quantitative estimate of drug-likeness (QED) is 0.530. The van der Waals surface area contributed by atoms with Crippen molar-refractivity contribution in [3.8, 4) is 5.75 Å². The van der Waals surface area contributed by atoms with Crippen LogP contribution in [0.25, 0.3) is 0 Å². The molecule has 0 heterocycles. The molecule has 6 heteroatoms. The van der Waals surface area contributed by atoms with Crippen molar-refractivity contribution in [1.29, 1.82) is 0 Å². The van der Waals surface area contributed by atoms with Gasteiger partial charge in [0.2, 0.25) is 0 Å². The van der Waals surface area contributed by atoms with Gasteiger partial charge in [0.1, 0.15) is 12.4 Å². The van der Waals surface area contributed by atoms with E-state index in [9.17, 15) is 10.1 Å². The number of nitrogens with zero attached hydrogens (tertiary/aromatic N) is 1. The summed E-state index contributed by atoms with van der Waals surface area (Å²) in [5.74, 6) is 0.436. The van der Waals surface area contributed by atoms with Gasteiger partial charge in [-0.15, -0.1) is 0 Å². The van der Waals surface area contributed by atoms with Crippen LogP contribution in [0.3, 0.4) is 0 Å². The molecule has 2 N–H and O–H groups in total. The molecule has 0 spiro atoms. The van der Waals surface area contributed by atoms with E-state index < -0.39 is 4.92 Å². The molecule has 0 unspecified atom stereocenters. The molecule has 0 aromatic heterocycles. The van der Waals surface area contributed by atoms with Crippen molar-refractivity contribution < 1.29 is 9.66 Å². The summed E-state index contributed by atoms with van der Waals surface area (Å²) in [5, 5.41) is 10.6. The van der Waals surface area contributed by atoms with Crippen LogP contribution in [0.5, 0.6) is 5.75 Å². The lowest BCUT2D eigenvalue weighted by atomic mass is 10.2. The first-order valence-corrected chi connectivity index (χ1v) is 6.27. The highest BCUT2D eigenvalue weighted by Gasteiger charge is 2.09. The first kappa shape index (κ1) is 13.4. The molecule has 2 aromatic rings. The molecular formula is C13H11BrN2O3. The van der Waals surface area contributed by atoms with Crippen LogP contribution in [0.15, 0.2) is 46.9 Å². The van der Waals surface area contributed by atoms with E-state index in [-0.39, 0.29) is 11.4 Å². The van der Waals surface area contributed by atoms with Gasteiger partial charge >= 0.3 is 0 Å². The maximum atomic E-state index is 10.6. The third-order valence-corrected chi connectivity index (χ3v) is 2.98. The molecule has 5 nitrogen and oxygen atoms in total. The van der Waals surface area contributed by atoms with Crippen LogP contribution < -0.4 is 10.5 Å². The number of non-ortho nitro benzene ring substituents is 1. The number of rotatable bonds is 4.